The van der Waals surface area contributed by atoms with Gasteiger partial charge >= 0.3 is 0 Å². The van der Waals surface area contributed by atoms with Gasteiger partial charge in [0.1, 0.15) is 11.4 Å². The highest BCUT2D eigenvalue weighted by Gasteiger charge is 2.24. The van der Waals surface area contributed by atoms with Crippen LogP contribution in [0.4, 0.5) is 11.4 Å². The van der Waals surface area contributed by atoms with E-state index in [0.29, 0.717) is 33.7 Å². The third-order valence-corrected chi connectivity index (χ3v) is 4.33. The van der Waals surface area contributed by atoms with E-state index >= 15 is 0 Å². The maximum atomic E-state index is 12.2. The lowest BCUT2D eigenvalue weighted by Crippen LogP contribution is -2.19. The van der Waals surface area contributed by atoms with Crippen molar-refractivity contribution in [3.8, 4) is 5.75 Å². The second-order valence-corrected chi connectivity index (χ2v) is 6.27. The number of para-hydroxylation sites is 2. The number of nitro groups is 1. The first-order valence-corrected chi connectivity index (χ1v) is 8.64. The molecular weight excluding hydrogens is 354 g/mol. The molecule has 1 aliphatic heterocycles. The van der Waals surface area contributed by atoms with E-state index in [1.165, 1.54) is 23.9 Å². The summed E-state index contributed by atoms with van der Waals surface area (Å²) < 4.78 is 5.52. The van der Waals surface area contributed by atoms with Crippen molar-refractivity contribution >= 4 is 40.3 Å². The first-order chi connectivity index (χ1) is 12.6. The van der Waals surface area contributed by atoms with Gasteiger partial charge in [-0.25, -0.2) is 4.99 Å². The Morgan fingerprint density at radius 2 is 2.08 bits per heavy atom. The highest BCUT2D eigenvalue weighted by Crippen LogP contribution is 2.32. The quantitative estimate of drug-likeness (QED) is 0.490. The number of benzene rings is 2. The minimum Gasteiger partial charge on any atom is -0.492 e. The molecule has 8 heteroatoms. The van der Waals surface area contributed by atoms with Crippen LogP contribution in [0.5, 0.6) is 5.75 Å². The fourth-order valence-electron chi connectivity index (χ4n) is 2.30. The predicted molar refractivity (Wildman–Crippen MR) is 102 cm³/mol. The summed E-state index contributed by atoms with van der Waals surface area (Å²) in [5.74, 6) is 0.336. The molecule has 0 bridgehead atoms. The Hall–Kier alpha value is -3.13. The summed E-state index contributed by atoms with van der Waals surface area (Å²) in [4.78, 5) is 27.4. The number of carbonyl (C=O) groups is 1. The summed E-state index contributed by atoms with van der Waals surface area (Å²) >= 11 is 1.17. The van der Waals surface area contributed by atoms with Gasteiger partial charge in [0, 0.05) is 12.1 Å². The Morgan fingerprint density at radius 1 is 1.27 bits per heavy atom. The van der Waals surface area contributed by atoms with E-state index in [1.54, 1.807) is 24.3 Å². The van der Waals surface area contributed by atoms with Gasteiger partial charge in [-0.1, -0.05) is 24.3 Å². The molecule has 0 aromatic heterocycles. The number of non-ortho nitro benzene ring substituents is 1. The smallest absolute Gasteiger partial charge is 0.270 e. The third-order valence-electron chi connectivity index (χ3n) is 3.42. The summed E-state index contributed by atoms with van der Waals surface area (Å²) in [6.07, 6.45) is 1.60. The number of rotatable bonds is 5. The van der Waals surface area contributed by atoms with Gasteiger partial charge in [-0.05, 0) is 42.5 Å². The van der Waals surface area contributed by atoms with Crippen molar-refractivity contribution in [2.24, 2.45) is 4.99 Å². The molecule has 0 spiro atoms. The Bertz CT molecular complexity index is 924. The number of amides is 1. The molecule has 1 amide bonds. The largest absolute Gasteiger partial charge is 0.492 e. The zero-order chi connectivity index (χ0) is 18.5. The van der Waals surface area contributed by atoms with E-state index in [-0.39, 0.29) is 11.6 Å². The zero-order valence-corrected chi connectivity index (χ0v) is 14.7. The Morgan fingerprint density at radius 3 is 2.85 bits per heavy atom. The monoisotopic (exact) mass is 369 g/mol. The van der Waals surface area contributed by atoms with Crippen LogP contribution in [0.25, 0.3) is 6.08 Å². The summed E-state index contributed by atoms with van der Waals surface area (Å²) in [6.45, 7) is 2.40. The molecule has 1 fully saturated rings. The normalized spacial score (nSPS) is 16.7. The van der Waals surface area contributed by atoms with Crippen LogP contribution in [0.2, 0.25) is 0 Å². The Kier molecular flexibility index (Phi) is 5.33. The number of thioether (sulfide) groups is 1. The number of amidine groups is 1. The number of aliphatic imine (C=N–C) groups is 1. The molecule has 2 aromatic carbocycles. The average Bonchev–Trinajstić information content (AvgIpc) is 2.96. The van der Waals surface area contributed by atoms with Gasteiger partial charge in [0.05, 0.1) is 16.4 Å². The molecule has 2 aromatic rings. The second kappa shape index (κ2) is 7.83. The van der Waals surface area contributed by atoms with E-state index in [0.717, 1.165) is 0 Å². The van der Waals surface area contributed by atoms with Gasteiger partial charge in [0.15, 0.2) is 5.17 Å². The molecule has 0 aliphatic carbocycles. The van der Waals surface area contributed by atoms with Gasteiger partial charge in [-0.3, -0.25) is 14.9 Å². The van der Waals surface area contributed by atoms with E-state index in [9.17, 15) is 14.9 Å². The minimum absolute atomic E-state index is 0.0257. The van der Waals surface area contributed by atoms with Crippen molar-refractivity contribution in [3.63, 3.8) is 0 Å². The van der Waals surface area contributed by atoms with Gasteiger partial charge in [-0.2, -0.15) is 0 Å². The maximum Gasteiger partial charge on any atom is 0.270 e. The average molecular weight is 369 g/mol. The fourth-order valence-corrected chi connectivity index (χ4v) is 3.13. The van der Waals surface area contributed by atoms with Crippen molar-refractivity contribution in [2.45, 2.75) is 6.92 Å². The second-order valence-electron chi connectivity index (χ2n) is 5.23. The first-order valence-electron chi connectivity index (χ1n) is 7.82. The van der Waals surface area contributed by atoms with Crippen LogP contribution in [-0.4, -0.2) is 22.6 Å². The van der Waals surface area contributed by atoms with Crippen LogP contribution in [0.3, 0.4) is 0 Å². The standard InChI is InChI=1S/C18H15N3O4S/c1-2-25-15-9-4-3-8-14(15)19-18-20-17(22)16(26-18)11-12-6-5-7-13(10-12)21(23)24/h3-11H,2H2,1H3,(H,19,20,22)/b16-11-. The van der Waals surface area contributed by atoms with Crippen molar-refractivity contribution in [3.05, 3.63) is 69.1 Å². The summed E-state index contributed by atoms with van der Waals surface area (Å²) in [7, 11) is 0. The molecule has 1 heterocycles. The van der Waals surface area contributed by atoms with E-state index in [2.05, 4.69) is 10.3 Å². The van der Waals surface area contributed by atoms with Crippen LogP contribution in [0.1, 0.15) is 12.5 Å². The topological polar surface area (TPSA) is 93.8 Å². The fraction of sp³-hybridized carbons (Fsp3) is 0.111. The molecule has 0 atom stereocenters. The molecule has 26 heavy (non-hydrogen) atoms. The lowest BCUT2D eigenvalue weighted by atomic mass is 10.2. The number of nitro benzene ring substituents is 1. The molecule has 3 rings (SSSR count). The molecular formula is C18H15N3O4S. The van der Waals surface area contributed by atoms with Gasteiger partial charge in [-0.15, -0.1) is 0 Å². The zero-order valence-electron chi connectivity index (χ0n) is 13.8. The lowest BCUT2D eigenvalue weighted by molar-refractivity contribution is -0.384. The highest BCUT2D eigenvalue weighted by molar-refractivity contribution is 8.18. The van der Waals surface area contributed by atoms with Gasteiger partial charge < -0.3 is 10.1 Å². The SMILES string of the molecule is CCOc1ccccc1N=C1NC(=O)/C(=C/c2cccc([N+](=O)[O-])c2)S1. The van der Waals surface area contributed by atoms with Crippen LogP contribution in [0.15, 0.2) is 58.4 Å². The number of carbonyl (C=O) groups excluding carboxylic acids is 1. The molecule has 132 valence electrons. The van der Waals surface area contributed by atoms with Crippen molar-refractivity contribution in [1.29, 1.82) is 0 Å². The molecule has 1 aliphatic rings. The van der Waals surface area contributed by atoms with Crippen molar-refractivity contribution in [2.75, 3.05) is 6.61 Å². The van der Waals surface area contributed by atoms with Crippen LogP contribution in [-0.2, 0) is 4.79 Å². The molecule has 1 saturated heterocycles. The summed E-state index contributed by atoms with van der Waals surface area (Å²) in [5, 5.41) is 14.0. The number of nitrogens with zero attached hydrogens (tertiary/aromatic N) is 2. The Balaban J connectivity index is 1.85. The molecule has 0 unspecified atom stereocenters. The van der Waals surface area contributed by atoms with Crippen LogP contribution < -0.4 is 10.1 Å². The number of nitrogens with one attached hydrogen (secondary N) is 1. The maximum absolute atomic E-state index is 12.2. The van der Waals surface area contributed by atoms with Gasteiger partial charge in [0.25, 0.3) is 11.6 Å². The minimum atomic E-state index is -0.471. The highest BCUT2D eigenvalue weighted by atomic mass is 32.2. The van der Waals surface area contributed by atoms with Crippen LogP contribution in [0, 0.1) is 10.1 Å². The van der Waals surface area contributed by atoms with Crippen molar-refractivity contribution < 1.29 is 14.5 Å². The van der Waals surface area contributed by atoms with Crippen LogP contribution >= 0.6 is 11.8 Å². The predicted octanol–water partition coefficient (Wildman–Crippen LogP) is 3.89. The number of hydrogen-bond acceptors (Lipinski definition) is 6. The third kappa shape index (κ3) is 4.09. The number of ether oxygens (including phenoxy) is 1. The number of hydrogen-bond donors (Lipinski definition) is 1. The molecule has 0 saturated carbocycles. The van der Waals surface area contributed by atoms with E-state index in [1.807, 2.05) is 25.1 Å². The van der Waals surface area contributed by atoms with E-state index in [4.69, 9.17) is 4.74 Å². The lowest BCUT2D eigenvalue weighted by Gasteiger charge is -2.06. The Labute approximate surface area is 153 Å². The summed E-state index contributed by atoms with van der Waals surface area (Å²) in [6, 6.07) is 13.4. The van der Waals surface area contributed by atoms with Crippen molar-refractivity contribution in [1.82, 2.24) is 5.32 Å². The molecule has 7 nitrogen and oxygen atoms in total. The molecule has 1 N–H and O–H groups in total. The first kappa shape index (κ1) is 17.7. The van der Waals surface area contributed by atoms with Gasteiger partial charge in [0.2, 0.25) is 0 Å². The summed E-state index contributed by atoms with van der Waals surface area (Å²) in [5.41, 5.74) is 1.17. The van der Waals surface area contributed by atoms with E-state index < -0.39 is 4.92 Å². The molecule has 0 radical (unpaired) electrons.